The van der Waals surface area contributed by atoms with Crippen LogP contribution in [-0.2, 0) is 0 Å². The number of ether oxygens (including phenoxy) is 1. The number of hydrogen-bond donors (Lipinski definition) is 0. The highest BCUT2D eigenvalue weighted by Crippen LogP contribution is 2.26. The number of carbonyl (C=O) groups excluding carboxylic acids is 1. The molecule has 1 aromatic carbocycles. The molecule has 0 saturated heterocycles. The van der Waals surface area contributed by atoms with Gasteiger partial charge in [0.05, 0.1) is 23.8 Å². The third kappa shape index (κ3) is 2.69. The lowest BCUT2D eigenvalue weighted by atomic mass is 10.1. The van der Waals surface area contributed by atoms with E-state index in [1.54, 1.807) is 12.1 Å². The van der Waals surface area contributed by atoms with Crippen molar-refractivity contribution in [2.24, 2.45) is 0 Å². The molecule has 0 aliphatic rings. The van der Waals surface area contributed by atoms with Crippen molar-refractivity contribution in [2.75, 3.05) is 6.61 Å². The monoisotopic (exact) mass is 315 g/mol. The average molecular weight is 315 g/mol. The smallest absolute Gasteiger partial charge is 0.164 e. The summed E-state index contributed by atoms with van der Waals surface area (Å²) in [6, 6.07) is 5.32. The summed E-state index contributed by atoms with van der Waals surface area (Å²) in [6.07, 6.45) is 0. The van der Waals surface area contributed by atoms with Gasteiger partial charge in [0.2, 0.25) is 0 Å². The molecule has 0 heterocycles. The summed E-state index contributed by atoms with van der Waals surface area (Å²) in [7, 11) is 0. The summed E-state index contributed by atoms with van der Waals surface area (Å²) in [6.45, 7) is 3.81. The molecule has 0 atom stereocenters. The lowest BCUT2D eigenvalue weighted by Crippen LogP contribution is -2.03. The minimum Gasteiger partial charge on any atom is -0.493 e. The second kappa shape index (κ2) is 5.12. The van der Waals surface area contributed by atoms with Crippen LogP contribution in [0.4, 0.5) is 0 Å². The zero-order valence-corrected chi connectivity index (χ0v) is 10.7. The lowest BCUT2D eigenvalue weighted by Gasteiger charge is -2.10. The second-order valence-corrected chi connectivity index (χ2v) is 4.09. The van der Waals surface area contributed by atoms with Crippen molar-refractivity contribution in [3.63, 3.8) is 0 Å². The zero-order valence-electron chi connectivity index (χ0n) is 8.50. The van der Waals surface area contributed by atoms with Gasteiger partial charge in [0.25, 0.3) is 0 Å². The molecule has 0 aliphatic carbocycles. The number of halogens is 1. The predicted molar refractivity (Wildman–Crippen MR) is 65.0 cm³/mol. The number of ketones is 1. The van der Waals surface area contributed by atoms with Gasteiger partial charge in [-0.05, 0) is 48.6 Å². The van der Waals surface area contributed by atoms with Gasteiger partial charge in [-0.25, -0.2) is 0 Å². The van der Waals surface area contributed by atoms with Gasteiger partial charge < -0.3 is 4.74 Å². The Balaban J connectivity index is 3.36. The summed E-state index contributed by atoms with van der Waals surface area (Å²) in [5.41, 5.74) is 1.06. The van der Waals surface area contributed by atoms with Gasteiger partial charge in [0, 0.05) is 3.57 Å². The van der Waals surface area contributed by atoms with Gasteiger partial charge in [0.1, 0.15) is 5.75 Å². The van der Waals surface area contributed by atoms with Crippen molar-refractivity contribution >= 4 is 28.4 Å². The summed E-state index contributed by atoms with van der Waals surface area (Å²) >= 11 is 2.04. The molecule has 0 aliphatic heterocycles. The average Bonchev–Trinajstić information content (AvgIpc) is 2.16. The highest BCUT2D eigenvalue weighted by molar-refractivity contribution is 14.1. The fourth-order valence-corrected chi connectivity index (χ4v) is 2.24. The molecule has 3 nitrogen and oxygen atoms in total. The molecule has 0 aromatic heterocycles. The Hall–Kier alpha value is -1.09. The second-order valence-electron chi connectivity index (χ2n) is 2.93. The Kier molecular flexibility index (Phi) is 4.09. The number of nitriles is 1. The van der Waals surface area contributed by atoms with Crippen LogP contribution < -0.4 is 4.74 Å². The molecule has 1 rings (SSSR count). The maximum Gasteiger partial charge on any atom is 0.164 e. The van der Waals surface area contributed by atoms with Gasteiger partial charge in [0.15, 0.2) is 5.78 Å². The van der Waals surface area contributed by atoms with E-state index in [-0.39, 0.29) is 5.78 Å². The molecule has 0 fully saturated rings. The molecule has 1 aromatic rings. The van der Waals surface area contributed by atoms with Gasteiger partial charge in [-0.2, -0.15) is 5.26 Å². The van der Waals surface area contributed by atoms with E-state index in [1.807, 2.05) is 35.6 Å². The van der Waals surface area contributed by atoms with E-state index < -0.39 is 0 Å². The molecule has 15 heavy (non-hydrogen) atoms. The summed E-state index contributed by atoms with van der Waals surface area (Å²) in [5, 5.41) is 8.79. The van der Waals surface area contributed by atoms with Crippen LogP contribution in [0.1, 0.15) is 29.8 Å². The van der Waals surface area contributed by atoms with E-state index in [1.165, 1.54) is 6.92 Å². The van der Waals surface area contributed by atoms with Crippen molar-refractivity contribution in [1.82, 2.24) is 0 Å². The van der Waals surface area contributed by atoms with E-state index in [2.05, 4.69) is 0 Å². The normalized spacial score (nSPS) is 9.47. The fourth-order valence-electron chi connectivity index (χ4n) is 1.26. The largest absolute Gasteiger partial charge is 0.493 e. The molecule has 0 saturated carbocycles. The topological polar surface area (TPSA) is 50.1 Å². The Bertz CT molecular complexity index is 435. The standard InChI is InChI=1S/C11H10INO2/c1-3-15-10-5-8(6-13)4-9(12)11(10)7(2)14/h4-5H,3H2,1-2H3. The van der Waals surface area contributed by atoms with E-state index in [0.717, 1.165) is 3.57 Å². The van der Waals surface area contributed by atoms with Gasteiger partial charge in [-0.3, -0.25) is 4.79 Å². The van der Waals surface area contributed by atoms with Crippen molar-refractivity contribution in [3.8, 4) is 11.8 Å². The van der Waals surface area contributed by atoms with E-state index in [4.69, 9.17) is 10.00 Å². The molecular formula is C11H10INO2. The number of benzene rings is 1. The SMILES string of the molecule is CCOc1cc(C#N)cc(I)c1C(C)=O. The zero-order chi connectivity index (χ0) is 11.4. The Labute approximate surface area is 102 Å². The Morgan fingerprint density at radius 2 is 2.27 bits per heavy atom. The molecule has 0 amide bonds. The van der Waals surface area contributed by atoms with E-state index >= 15 is 0 Å². The van der Waals surface area contributed by atoms with Crippen molar-refractivity contribution in [2.45, 2.75) is 13.8 Å². The summed E-state index contributed by atoms with van der Waals surface area (Å²) < 4.78 is 6.10. The van der Waals surface area contributed by atoms with Gasteiger partial charge in [-0.15, -0.1) is 0 Å². The van der Waals surface area contributed by atoms with Gasteiger partial charge in [-0.1, -0.05) is 0 Å². The first-order valence-corrected chi connectivity index (χ1v) is 5.55. The van der Waals surface area contributed by atoms with Crippen LogP contribution in [0.5, 0.6) is 5.75 Å². The van der Waals surface area contributed by atoms with Gasteiger partial charge >= 0.3 is 0 Å². The molecular weight excluding hydrogens is 305 g/mol. The lowest BCUT2D eigenvalue weighted by molar-refractivity contribution is 0.101. The maximum absolute atomic E-state index is 11.4. The number of nitrogens with zero attached hydrogens (tertiary/aromatic N) is 1. The minimum atomic E-state index is -0.0488. The highest BCUT2D eigenvalue weighted by Gasteiger charge is 2.14. The van der Waals surface area contributed by atoms with Crippen LogP contribution in [0, 0.1) is 14.9 Å². The van der Waals surface area contributed by atoms with E-state index in [9.17, 15) is 4.79 Å². The number of carbonyl (C=O) groups is 1. The Morgan fingerprint density at radius 3 is 2.73 bits per heavy atom. The molecule has 78 valence electrons. The fraction of sp³-hybridized carbons (Fsp3) is 0.273. The Morgan fingerprint density at radius 1 is 1.60 bits per heavy atom. The maximum atomic E-state index is 11.4. The number of rotatable bonds is 3. The molecule has 0 unspecified atom stereocenters. The minimum absolute atomic E-state index is 0.0488. The molecule has 0 N–H and O–H groups in total. The van der Waals surface area contributed by atoms with E-state index in [0.29, 0.717) is 23.5 Å². The third-order valence-electron chi connectivity index (χ3n) is 1.84. The van der Waals surface area contributed by atoms with Crippen molar-refractivity contribution in [3.05, 3.63) is 26.8 Å². The molecule has 0 radical (unpaired) electrons. The first-order chi connectivity index (χ1) is 7.10. The third-order valence-corrected chi connectivity index (χ3v) is 2.69. The van der Waals surface area contributed by atoms with Crippen molar-refractivity contribution < 1.29 is 9.53 Å². The number of Topliss-reactive ketones (excluding diaryl/α,β-unsaturated/α-hetero) is 1. The summed E-state index contributed by atoms with van der Waals surface area (Å²) in [5.74, 6) is 0.445. The van der Waals surface area contributed by atoms with Crippen molar-refractivity contribution in [1.29, 1.82) is 5.26 Å². The first kappa shape index (κ1) is 12.0. The van der Waals surface area contributed by atoms with Crippen LogP contribution >= 0.6 is 22.6 Å². The van der Waals surface area contributed by atoms with Crippen LogP contribution in [0.3, 0.4) is 0 Å². The van der Waals surface area contributed by atoms with Crippen LogP contribution in [0.15, 0.2) is 12.1 Å². The van der Waals surface area contributed by atoms with Crippen LogP contribution in [0.25, 0.3) is 0 Å². The molecule has 0 bridgehead atoms. The highest BCUT2D eigenvalue weighted by atomic mass is 127. The quantitative estimate of drug-likeness (QED) is 0.636. The molecule has 4 heteroatoms. The summed E-state index contributed by atoms with van der Waals surface area (Å²) in [4.78, 5) is 11.4. The molecule has 0 spiro atoms. The number of hydrogen-bond acceptors (Lipinski definition) is 3. The van der Waals surface area contributed by atoms with Crippen LogP contribution in [0.2, 0.25) is 0 Å². The van der Waals surface area contributed by atoms with Crippen LogP contribution in [-0.4, -0.2) is 12.4 Å². The predicted octanol–water partition coefficient (Wildman–Crippen LogP) is 2.76. The first-order valence-electron chi connectivity index (χ1n) is 4.47.